The zero-order valence-corrected chi connectivity index (χ0v) is 15.5. The van der Waals surface area contributed by atoms with E-state index in [1.807, 2.05) is 0 Å². The van der Waals surface area contributed by atoms with Crippen LogP contribution in [0.2, 0.25) is 0 Å². The minimum atomic E-state index is -0.0439. The zero-order valence-electron chi connectivity index (χ0n) is 15.5. The molecular weight excluding hydrogens is 314 g/mol. The van der Waals surface area contributed by atoms with E-state index in [4.69, 9.17) is 0 Å². The van der Waals surface area contributed by atoms with Gasteiger partial charge >= 0.3 is 0 Å². The molecule has 4 bridgehead atoms. The summed E-state index contributed by atoms with van der Waals surface area (Å²) in [5.41, 5.74) is 0.249. The van der Waals surface area contributed by atoms with Crippen LogP contribution in [0.25, 0.3) is 0 Å². The van der Waals surface area contributed by atoms with Gasteiger partial charge in [-0.15, -0.1) is 0 Å². The Kier molecular flexibility index (Phi) is 4.78. The fraction of sp³-hybridized carbons (Fsp3) is 0.900. The maximum atomic E-state index is 12.5. The van der Waals surface area contributed by atoms with Crippen molar-refractivity contribution in [3.05, 3.63) is 0 Å². The molecule has 2 unspecified atom stereocenters. The first-order valence-electron chi connectivity index (χ1n) is 10.3. The minimum Gasteiger partial charge on any atom is -0.351 e. The first-order chi connectivity index (χ1) is 12.0. The number of piperidine rings is 1. The number of hydrogen-bond acceptors (Lipinski definition) is 3. The first kappa shape index (κ1) is 17.3. The van der Waals surface area contributed by atoms with Gasteiger partial charge in [-0.25, -0.2) is 0 Å². The molecular formula is C20H33N3O2. The third-order valence-corrected chi connectivity index (χ3v) is 7.28. The Bertz CT molecular complexity index is 498. The van der Waals surface area contributed by atoms with Crippen molar-refractivity contribution in [3.63, 3.8) is 0 Å². The summed E-state index contributed by atoms with van der Waals surface area (Å²) >= 11 is 0. The fourth-order valence-electron chi connectivity index (χ4n) is 6.57. The lowest BCUT2D eigenvalue weighted by Crippen LogP contribution is -2.51. The Morgan fingerprint density at radius 3 is 2.28 bits per heavy atom. The summed E-state index contributed by atoms with van der Waals surface area (Å²) in [6, 6.07) is 0.230. The number of rotatable bonds is 5. The zero-order chi connectivity index (χ0) is 17.4. The van der Waals surface area contributed by atoms with E-state index in [1.54, 1.807) is 0 Å². The summed E-state index contributed by atoms with van der Waals surface area (Å²) in [5.74, 6) is 3.07. The molecule has 5 heteroatoms. The molecule has 0 radical (unpaired) electrons. The van der Waals surface area contributed by atoms with Crippen molar-refractivity contribution < 1.29 is 9.59 Å². The normalized spacial score (nSPS) is 42.2. The van der Waals surface area contributed by atoms with Crippen molar-refractivity contribution in [1.82, 2.24) is 16.0 Å². The maximum Gasteiger partial charge on any atom is 0.239 e. The molecule has 1 aliphatic heterocycles. The van der Waals surface area contributed by atoms with E-state index in [1.165, 1.54) is 38.5 Å². The fourth-order valence-corrected chi connectivity index (χ4v) is 6.57. The standard InChI is InChI=1S/C20H33N3O2/c1-13-11-21-3-2-17(13)23-19(25)12-22-18(24)10-20-7-14-4-15(8-20)6-16(5-14)9-20/h13-17,21H,2-12H2,1H3,(H,22,24)(H,23,25). The molecule has 0 aromatic carbocycles. The van der Waals surface area contributed by atoms with Gasteiger partial charge in [-0.3, -0.25) is 9.59 Å². The van der Waals surface area contributed by atoms with Crippen LogP contribution < -0.4 is 16.0 Å². The average Bonchev–Trinajstić information content (AvgIpc) is 2.53. The molecule has 5 aliphatic rings. The van der Waals surface area contributed by atoms with Gasteiger partial charge in [0.15, 0.2) is 0 Å². The second kappa shape index (κ2) is 6.90. The Labute approximate surface area is 151 Å². The van der Waals surface area contributed by atoms with Crippen LogP contribution in [0.5, 0.6) is 0 Å². The van der Waals surface area contributed by atoms with Crippen molar-refractivity contribution in [2.45, 2.75) is 64.3 Å². The monoisotopic (exact) mass is 347 g/mol. The molecule has 5 nitrogen and oxygen atoms in total. The largest absolute Gasteiger partial charge is 0.351 e. The van der Waals surface area contributed by atoms with E-state index in [-0.39, 0.29) is 29.8 Å². The second-order valence-electron chi connectivity index (χ2n) is 9.52. The number of carbonyl (C=O) groups excluding carboxylic acids is 2. The van der Waals surface area contributed by atoms with Crippen LogP contribution in [0.15, 0.2) is 0 Å². The Morgan fingerprint density at radius 1 is 1.04 bits per heavy atom. The maximum absolute atomic E-state index is 12.5. The van der Waals surface area contributed by atoms with Crippen LogP contribution in [0.3, 0.4) is 0 Å². The lowest BCUT2D eigenvalue weighted by Gasteiger charge is -2.56. The molecule has 140 valence electrons. The van der Waals surface area contributed by atoms with Gasteiger partial charge in [0.05, 0.1) is 6.54 Å². The van der Waals surface area contributed by atoms with Gasteiger partial charge in [-0.05, 0) is 87.1 Å². The summed E-state index contributed by atoms with van der Waals surface area (Å²) in [4.78, 5) is 24.7. The van der Waals surface area contributed by atoms with Crippen molar-refractivity contribution >= 4 is 11.8 Å². The van der Waals surface area contributed by atoms with Crippen molar-refractivity contribution in [1.29, 1.82) is 0 Å². The molecule has 2 atom stereocenters. The van der Waals surface area contributed by atoms with Crippen LogP contribution in [0, 0.1) is 29.1 Å². The number of amides is 2. The van der Waals surface area contributed by atoms with Gasteiger partial charge in [0.2, 0.25) is 11.8 Å². The number of carbonyl (C=O) groups is 2. The second-order valence-corrected chi connectivity index (χ2v) is 9.52. The van der Waals surface area contributed by atoms with E-state index in [0.29, 0.717) is 12.3 Å². The summed E-state index contributed by atoms with van der Waals surface area (Å²) in [6.07, 6.45) is 9.52. The Balaban J connectivity index is 1.23. The van der Waals surface area contributed by atoms with E-state index in [9.17, 15) is 9.59 Å². The van der Waals surface area contributed by atoms with Gasteiger partial charge < -0.3 is 16.0 Å². The van der Waals surface area contributed by atoms with E-state index >= 15 is 0 Å². The van der Waals surface area contributed by atoms with Gasteiger partial charge in [0.1, 0.15) is 0 Å². The topological polar surface area (TPSA) is 70.2 Å². The predicted octanol–water partition coefficient (Wildman–Crippen LogP) is 1.82. The van der Waals surface area contributed by atoms with Crippen LogP contribution in [0.1, 0.15) is 58.3 Å². The van der Waals surface area contributed by atoms with E-state index in [0.717, 1.165) is 37.3 Å². The highest BCUT2D eigenvalue weighted by atomic mass is 16.2. The summed E-state index contributed by atoms with van der Waals surface area (Å²) < 4.78 is 0. The van der Waals surface area contributed by atoms with Crippen molar-refractivity contribution in [3.8, 4) is 0 Å². The summed E-state index contributed by atoms with van der Waals surface area (Å²) in [5, 5.41) is 9.32. The smallest absolute Gasteiger partial charge is 0.239 e. The molecule has 1 heterocycles. The minimum absolute atomic E-state index is 0.0439. The third kappa shape index (κ3) is 3.86. The molecule has 0 spiro atoms. The lowest BCUT2D eigenvalue weighted by atomic mass is 9.49. The number of nitrogens with one attached hydrogen (secondary N) is 3. The molecule has 1 saturated heterocycles. The quantitative estimate of drug-likeness (QED) is 0.710. The van der Waals surface area contributed by atoms with Gasteiger partial charge in [0, 0.05) is 12.5 Å². The SMILES string of the molecule is CC1CNCCC1NC(=O)CNC(=O)CC12CC3CC(CC(C3)C1)C2. The number of hydrogen-bond donors (Lipinski definition) is 3. The van der Waals surface area contributed by atoms with Gasteiger partial charge in [-0.2, -0.15) is 0 Å². The molecule has 0 aromatic heterocycles. The summed E-state index contributed by atoms with van der Waals surface area (Å²) in [6.45, 7) is 4.18. The molecule has 25 heavy (non-hydrogen) atoms. The first-order valence-corrected chi connectivity index (χ1v) is 10.3. The third-order valence-electron chi connectivity index (χ3n) is 7.28. The molecule has 4 saturated carbocycles. The molecule has 5 fully saturated rings. The molecule has 0 aromatic rings. The van der Waals surface area contributed by atoms with Gasteiger partial charge in [0.25, 0.3) is 0 Å². The highest BCUT2D eigenvalue weighted by molar-refractivity contribution is 5.85. The average molecular weight is 348 g/mol. The highest BCUT2D eigenvalue weighted by Crippen LogP contribution is 2.61. The Morgan fingerprint density at radius 2 is 1.68 bits per heavy atom. The predicted molar refractivity (Wildman–Crippen MR) is 96.8 cm³/mol. The van der Waals surface area contributed by atoms with Crippen LogP contribution >= 0.6 is 0 Å². The summed E-state index contributed by atoms with van der Waals surface area (Å²) in [7, 11) is 0. The molecule has 2 amide bonds. The van der Waals surface area contributed by atoms with E-state index < -0.39 is 0 Å². The van der Waals surface area contributed by atoms with Crippen LogP contribution in [-0.4, -0.2) is 37.5 Å². The lowest BCUT2D eigenvalue weighted by molar-refractivity contribution is -0.132. The van der Waals surface area contributed by atoms with Gasteiger partial charge in [-0.1, -0.05) is 6.92 Å². The molecule has 4 aliphatic carbocycles. The molecule has 3 N–H and O–H groups in total. The van der Waals surface area contributed by atoms with Crippen LogP contribution in [0.4, 0.5) is 0 Å². The van der Waals surface area contributed by atoms with E-state index in [2.05, 4.69) is 22.9 Å². The van der Waals surface area contributed by atoms with Crippen LogP contribution in [-0.2, 0) is 9.59 Å². The van der Waals surface area contributed by atoms with Crippen molar-refractivity contribution in [2.24, 2.45) is 29.1 Å². The molecule has 5 rings (SSSR count). The Hall–Kier alpha value is -1.10. The highest BCUT2D eigenvalue weighted by Gasteiger charge is 2.51. The van der Waals surface area contributed by atoms with Crippen molar-refractivity contribution in [2.75, 3.05) is 19.6 Å².